The molecule has 134 valence electrons. The fraction of sp³-hybridized carbons (Fsp3) is 0.211. The molecule has 0 fully saturated rings. The average Bonchev–Trinajstić information content (AvgIpc) is 3.31. The molecular weight excluding hydrogens is 364 g/mol. The van der Waals surface area contributed by atoms with Crippen LogP contribution in [0.5, 0.6) is 0 Å². The molecular formula is C19H20N4OS2. The summed E-state index contributed by atoms with van der Waals surface area (Å²) in [6.07, 6.45) is 1.80. The van der Waals surface area contributed by atoms with Crippen molar-refractivity contribution in [1.29, 1.82) is 0 Å². The minimum absolute atomic E-state index is 0.00836. The Morgan fingerprint density at radius 3 is 2.81 bits per heavy atom. The van der Waals surface area contributed by atoms with E-state index in [2.05, 4.69) is 22.1 Å². The Balaban J connectivity index is 1.67. The van der Waals surface area contributed by atoms with Crippen molar-refractivity contribution >= 4 is 29.0 Å². The van der Waals surface area contributed by atoms with Crippen molar-refractivity contribution in [2.45, 2.75) is 24.7 Å². The van der Waals surface area contributed by atoms with E-state index in [0.717, 1.165) is 16.3 Å². The molecule has 0 bridgehead atoms. The normalized spacial score (nSPS) is 11.9. The molecule has 3 rings (SSSR count). The lowest BCUT2D eigenvalue weighted by molar-refractivity contribution is -0.119. The number of thioether (sulfide) groups is 1. The first-order chi connectivity index (χ1) is 12.7. The second-order valence-corrected chi connectivity index (χ2v) is 7.59. The molecule has 1 aromatic carbocycles. The van der Waals surface area contributed by atoms with E-state index in [4.69, 9.17) is 0 Å². The molecule has 0 aliphatic carbocycles. The van der Waals surface area contributed by atoms with Crippen molar-refractivity contribution in [3.63, 3.8) is 0 Å². The Kier molecular flexibility index (Phi) is 6.25. The minimum atomic E-state index is -0.0229. The zero-order chi connectivity index (χ0) is 18.4. The number of thiophene rings is 1. The SMILES string of the molecule is C=CCn1c(SCC(=O)N[C@@H](C)c2cccs2)nnc1-c1ccccc1. The molecule has 0 unspecified atom stereocenters. The van der Waals surface area contributed by atoms with Gasteiger partial charge in [-0.2, -0.15) is 0 Å². The van der Waals surface area contributed by atoms with Gasteiger partial charge in [-0.25, -0.2) is 0 Å². The number of allylic oxidation sites excluding steroid dienone is 1. The van der Waals surface area contributed by atoms with Gasteiger partial charge >= 0.3 is 0 Å². The van der Waals surface area contributed by atoms with Gasteiger partial charge in [0.15, 0.2) is 11.0 Å². The Morgan fingerprint density at radius 1 is 1.31 bits per heavy atom. The topological polar surface area (TPSA) is 59.8 Å². The Bertz CT molecular complexity index is 859. The molecule has 0 saturated carbocycles. The van der Waals surface area contributed by atoms with Crippen molar-refractivity contribution in [1.82, 2.24) is 20.1 Å². The van der Waals surface area contributed by atoms with Crippen molar-refractivity contribution in [2.75, 3.05) is 5.75 Å². The third-order valence-corrected chi connectivity index (χ3v) is 5.76. The van der Waals surface area contributed by atoms with Gasteiger partial charge in [0.05, 0.1) is 11.8 Å². The second-order valence-electron chi connectivity index (χ2n) is 5.66. The highest BCUT2D eigenvalue weighted by Crippen LogP contribution is 2.24. The fourth-order valence-corrected chi connectivity index (χ4v) is 4.01. The molecule has 1 atom stereocenters. The van der Waals surface area contributed by atoms with E-state index in [9.17, 15) is 4.79 Å². The molecule has 2 aromatic heterocycles. The number of benzene rings is 1. The van der Waals surface area contributed by atoms with Gasteiger partial charge < -0.3 is 5.32 Å². The summed E-state index contributed by atoms with van der Waals surface area (Å²) in [7, 11) is 0. The van der Waals surface area contributed by atoms with Crippen LogP contribution in [0.2, 0.25) is 0 Å². The summed E-state index contributed by atoms with van der Waals surface area (Å²) in [5, 5.41) is 14.3. The predicted octanol–water partition coefficient (Wildman–Crippen LogP) is 4.16. The molecule has 5 nitrogen and oxygen atoms in total. The highest BCUT2D eigenvalue weighted by molar-refractivity contribution is 7.99. The standard InChI is InChI=1S/C19H20N4OS2/c1-3-11-23-18(15-8-5-4-6-9-15)21-22-19(23)26-13-17(24)20-14(2)16-10-7-12-25-16/h3-10,12,14H,1,11,13H2,2H3,(H,20,24)/t14-/m0/s1. The van der Waals surface area contributed by atoms with Crippen LogP contribution >= 0.6 is 23.1 Å². The molecule has 2 heterocycles. The van der Waals surface area contributed by atoms with Crippen LogP contribution < -0.4 is 5.32 Å². The van der Waals surface area contributed by atoms with Crippen molar-refractivity contribution in [3.05, 3.63) is 65.4 Å². The zero-order valence-electron chi connectivity index (χ0n) is 14.5. The van der Waals surface area contributed by atoms with Gasteiger partial charge in [-0.15, -0.1) is 28.1 Å². The van der Waals surface area contributed by atoms with Crippen LogP contribution in [0.1, 0.15) is 17.8 Å². The Morgan fingerprint density at radius 2 is 2.12 bits per heavy atom. The van der Waals surface area contributed by atoms with E-state index >= 15 is 0 Å². The van der Waals surface area contributed by atoms with Crippen LogP contribution in [-0.4, -0.2) is 26.4 Å². The summed E-state index contributed by atoms with van der Waals surface area (Å²) in [4.78, 5) is 13.4. The van der Waals surface area contributed by atoms with E-state index in [1.165, 1.54) is 11.8 Å². The highest BCUT2D eigenvalue weighted by atomic mass is 32.2. The summed E-state index contributed by atoms with van der Waals surface area (Å²) in [6.45, 7) is 6.39. The van der Waals surface area contributed by atoms with Crippen LogP contribution in [0.25, 0.3) is 11.4 Å². The van der Waals surface area contributed by atoms with Crippen LogP contribution in [-0.2, 0) is 11.3 Å². The lowest BCUT2D eigenvalue weighted by atomic mass is 10.2. The molecule has 0 saturated heterocycles. The van der Waals surface area contributed by atoms with Crippen LogP contribution in [0.15, 0.2) is 65.7 Å². The maximum atomic E-state index is 12.3. The largest absolute Gasteiger partial charge is 0.348 e. The molecule has 0 radical (unpaired) electrons. The Labute approximate surface area is 161 Å². The zero-order valence-corrected chi connectivity index (χ0v) is 16.1. The molecule has 1 amide bonds. The number of aromatic nitrogens is 3. The van der Waals surface area contributed by atoms with E-state index in [-0.39, 0.29) is 11.9 Å². The van der Waals surface area contributed by atoms with Crippen molar-refractivity contribution in [2.24, 2.45) is 0 Å². The first-order valence-electron chi connectivity index (χ1n) is 8.24. The summed E-state index contributed by atoms with van der Waals surface area (Å²) in [5.74, 6) is 1.05. The maximum absolute atomic E-state index is 12.3. The highest BCUT2D eigenvalue weighted by Gasteiger charge is 2.16. The molecule has 0 spiro atoms. The number of nitrogens with one attached hydrogen (secondary N) is 1. The summed E-state index contributed by atoms with van der Waals surface area (Å²) in [6, 6.07) is 13.9. The third kappa shape index (κ3) is 4.42. The minimum Gasteiger partial charge on any atom is -0.348 e. The smallest absolute Gasteiger partial charge is 0.230 e. The second kappa shape index (κ2) is 8.82. The molecule has 26 heavy (non-hydrogen) atoms. The number of hydrogen-bond donors (Lipinski definition) is 1. The molecule has 7 heteroatoms. The van der Waals surface area contributed by atoms with Crippen molar-refractivity contribution in [3.8, 4) is 11.4 Å². The van der Waals surface area contributed by atoms with Gasteiger partial charge in [-0.3, -0.25) is 9.36 Å². The fourth-order valence-electron chi connectivity index (χ4n) is 2.51. The van der Waals surface area contributed by atoms with E-state index in [1.54, 1.807) is 17.4 Å². The molecule has 1 N–H and O–H groups in total. The van der Waals surface area contributed by atoms with E-state index in [1.807, 2.05) is 59.3 Å². The number of hydrogen-bond acceptors (Lipinski definition) is 5. The number of amides is 1. The number of rotatable bonds is 8. The van der Waals surface area contributed by atoms with Crippen LogP contribution in [0.4, 0.5) is 0 Å². The number of carbonyl (C=O) groups excluding carboxylic acids is 1. The molecule has 0 aliphatic heterocycles. The maximum Gasteiger partial charge on any atom is 0.230 e. The first kappa shape index (κ1) is 18.4. The lowest BCUT2D eigenvalue weighted by Gasteiger charge is -2.12. The quantitative estimate of drug-likeness (QED) is 0.468. The van der Waals surface area contributed by atoms with Gasteiger partial charge in [-0.1, -0.05) is 54.2 Å². The first-order valence-corrected chi connectivity index (χ1v) is 10.1. The lowest BCUT2D eigenvalue weighted by Crippen LogP contribution is -2.27. The van der Waals surface area contributed by atoms with E-state index < -0.39 is 0 Å². The number of nitrogens with zero attached hydrogens (tertiary/aromatic N) is 3. The number of carbonyl (C=O) groups is 1. The monoisotopic (exact) mass is 384 g/mol. The predicted molar refractivity (Wildman–Crippen MR) is 107 cm³/mol. The van der Waals surface area contributed by atoms with Gasteiger partial charge in [-0.05, 0) is 18.4 Å². The van der Waals surface area contributed by atoms with E-state index in [0.29, 0.717) is 17.5 Å². The van der Waals surface area contributed by atoms with Gasteiger partial charge in [0.25, 0.3) is 0 Å². The average molecular weight is 385 g/mol. The molecule has 0 aliphatic rings. The van der Waals surface area contributed by atoms with Gasteiger partial charge in [0, 0.05) is 17.0 Å². The third-order valence-electron chi connectivity index (χ3n) is 3.74. The van der Waals surface area contributed by atoms with Crippen LogP contribution in [0, 0.1) is 0 Å². The summed E-state index contributed by atoms with van der Waals surface area (Å²) < 4.78 is 1.98. The van der Waals surface area contributed by atoms with Crippen LogP contribution in [0.3, 0.4) is 0 Å². The van der Waals surface area contributed by atoms with Gasteiger partial charge in [0.1, 0.15) is 0 Å². The molecule has 3 aromatic rings. The Hall–Kier alpha value is -2.38. The van der Waals surface area contributed by atoms with Crippen molar-refractivity contribution < 1.29 is 4.79 Å². The summed E-state index contributed by atoms with van der Waals surface area (Å²) in [5.41, 5.74) is 0.990. The van der Waals surface area contributed by atoms with Gasteiger partial charge in [0.2, 0.25) is 5.91 Å². The summed E-state index contributed by atoms with van der Waals surface area (Å²) >= 11 is 3.02.